The molecule has 22 heavy (non-hydrogen) atoms. The second-order valence-electron chi connectivity index (χ2n) is 7.29. The van der Waals surface area contributed by atoms with Crippen molar-refractivity contribution in [2.24, 2.45) is 0 Å². The molecule has 4 heteroatoms. The standard InChI is InChI=1S/C18H26N2O2/c1-17(2)12-15(13-18(3,4)20(17)22)19-16(21)11-10-14-8-6-5-7-9-14/h5-11,15,22H,12-13H2,1-4H3,(H,19,21). The quantitative estimate of drug-likeness (QED) is 0.843. The van der Waals surface area contributed by atoms with E-state index in [4.69, 9.17) is 0 Å². The third kappa shape index (κ3) is 3.96. The minimum absolute atomic E-state index is 0.0568. The first kappa shape index (κ1) is 16.7. The molecule has 0 aromatic heterocycles. The van der Waals surface area contributed by atoms with Crippen LogP contribution in [0.1, 0.15) is 46.1 Å². The Bertz CT molecular complexity index is 531. The molecule has 1 aromatic carbocycles. The molecule has 0 spiro atoms. The van der Waals surface area contributed by atoms with Crippen molar-refractivity contribution in [3.05, 3.63) is 42.0 Å². The molecule has 120 valence electrons. The summed E-state index contributed by atoms with van der Waals surface area (Å²) in [5.41, 5.74) is 0.287. The topological polar surface area (TPSA) is 52.6 Å². The fourth-order valence-corrected chi connectivity index (χ4v) is 3.36. The van der Waals surface area contributed by atoms with Crippen LogP contribution < -0.4 is 5.32 Å². The summed E-state index contributed by atoms with van der Waals surface area (Å²) in [6, 6.07) is 9.81. The van der Waals surface area contributed by atoms with Gasteiger partial charge in [0.15, 0.2) is 0 Å². The lowest BCUT2D eigenvalue weighted by atomic mass is 9.79. The van der Waals surface area contributed by atoms with Gasteiger partial charge in [-0.3, -0.25) is 4.79 Å². The van der Waals surface area contributed by atoms with Crippen molar-refractivity contribution in [2.75, 3.05) is 0 Å². The number of carbonyl (C=O) groups excluding carboxylic acids is 1. The van der Waals surface area contributed by atoms with Crippen LogP contribution in [-0.2, 0) is 4.79 Å². The molecule has 4 nitrogen and oxygen atoms in total. The van der Waals surface area contributed by atoms with Crippen molar-refractivity contribution in [2.45, 2.75) is 57.7 Å². The average molecular weight is 302 g/mol. The highest BCUT2D eigenvalue weighted by Crippen LogP contribution is 2.36. The van der Waals surface area contributed by atoms with Crippen molar-refractivity contribution < 1.29 is 10.0 Å². The maximum Gasteiger partial charge on any atom is 0.244 e. The molecule has 0 radical (unpaired) electrons. The summed E-state index contributed by atoms with van der Waals surface area (Å²) in [6.45, 7) is 7.97. The predicted octanol–water partition coefficient (Wildman–Crippen LogP) is 3.23. The minimum Gasteiger partial charge on any atom is -0.350 e. The van der Waals surface area contributed by atoms with Gasteiger partial charge < -0.3 is 10.5 Å². The van der Waals surface area contributed by atoms with Crippen molar-refractivity contribution in [1.82, 2.24) is 10.4 Å². The van der Waals surface area contributed by atoms with Gasteiger partial charge in [0.25, 0.3) is 0 Å². The van der Waals surface area contributed by atoms with E-state index in [1.165, 1.54) is 5.06 Å². The first-order valence-corrected chi connectivity index (χ1v) is 7.73. The van der Waals surface area contributed by atoms with Gasteiger partial charge in [-0.2, -0.15) is 5.06 Å². The van der Waals surface area contributed by atoms with Crippen LogP contribution in [-0.4, -0.2) is 33.3 Å². The molecule has 0 unspecified atom stereocenters. The normalized spacial score (nSPS) is 21.9. The zero-order chi connectivity index (χ0) is 16.4. The molecule has 0 atom stereocenters. The maximum atomic E-state index is 12.1. The van der Waals surface area contributed by atoms with Gasteiger partial charge in [-0.15, -0.1) is 0 Å². The summed E-state index contributed by atoms with van der Waals surface area (Å²) in [6.07, 6.45) is 4.82. The van der Waals surface area contributed by atoms with Gasteiger partial charge in [0.2, 0.25) is 5.91 Å². The van der Waals surface area contributed by atoms with Crippen LogP contribution in [0.4, 0.5) is 0 Å². The van der Waals surface area contributed by atoms with Crippen LogP contribution in [0.25, 0.3) is 6.08 Å². The van der Waals surface area contributed by atoms with Gasteiger partial charge in [-0.05, 0) is 52.2 Å². The Morgan fingerprint density at radius 2 is 1.73 bits per heavy atom. The Hall–Kier alpha value is -1.65. The van der Waals surface area contributed by atoms with Crippen molar-refractivity contribution in [3.63, 3.8) is 0 Å². The number of nitrogens with zero attached hydrogens (tertiary/aromatic N) is 1. The van der Waals surface area contributed by atoms with Crippen LogP contribution in [0.5, 0.6) is 0 Å². The van der Waals surface area contributed by atoms with Gasteiger partial charge in [0.05, 0.1) is 0 Å². The number of amides is 1. The van der Waals surface area contributed by atoms with Crippen molar-refractivity contribution in [3.8, 4) is 0 Å². The molecule has 1 fully saturated rings. The highest BCUT2D eigenvalue weighted by atomic mass is 16.5. The average Bonchev–Trinajstić information content (AvgIpc) is 2.43. The fraction of sp³-hybridized carbons (Fsp3) is 0.500. The summed E-state index contributed by atoms with van der Waals surface area (Å²) in [7, 11) is 0. The second kappa shape index (κ2) is 6.23. The van der Waals surface area contributed by atoms with Gasteiger partial charge >= 0.3 is 0 Å². The van der Waals surface area contributed by atoms with E-state index in [-0.39, 0.29) is 23.0 Å². The Kier molecular flexibility index (Phi) is 4.73. The number of nitrogens with one attached hydrogen (secondary N) is 1. The van der Waals surface area contributed by atoms with E-state index >= 15 is 0 Å². The lowest BCUT2D eigenvalue weighted by Gasteiger charge is -2.51. The molecule has 2 rings (SSSR count). The molecular weight excluding hydrogens is 276 g/mol. The fourth-order valence-electron chi connectivity index (χ4n) is 3.36. The van der Waals surface area contributed by atoms with Crippen LogP contribution in [0.15, 0.2) is 36.4 Å². The Balaban J connectivity index is 1.99. The number of carbonyl (C=O) groups is 1. The zero-order valence-electron chi connectivity index (χ0n) is 13.8. The third-order valence-electron chi connectivity index (χ3n) is 4.21. The summed E-state index contributed by atoms with van der Waals surface area (Å²) in [5.74, 6) is -0.0909. The first-order valence-electron chi connectivity index (χ1n) is 7.73. The number of benzene rings is 1. The van der Waals surface area contributed by atoms with Crippen LogP contribution in [0, 0.1) is 0 Å². The van der Waals surface area contributed by atoms with E-state index in [0.29, 0.717) is 0 Å². The molecule has 0 bridgehead atoms. The predicted molar refractivity (Wildman–Crippen MR) is 88.4 cm³/mol. The van der Waals surface area contributed by atoms with Crippen molar-refractivity contribution >= 4 is 12.0 Å². The first-order chi connectivity index (χ1) is 10.2. The lowest BCUT2D eigenvalue weighted by molar-refractivity contribution is -0.245. The second-order valence-corrected chi connectivity index (χ2v) is 7.29. The molecule has 1 heterocycles. The Labute approximate surface area is 132 Å². The zero-order valence-corrected chi connectivity index (χ0v) is 13.8. The van der Waals surface area contributed by atoms with Crippen LogP contribution in [0.2, 0.25) is 0 Å². The Morgan fingerprint density at radius 3 is 2.27 bits per heavy atom. The van der Waals surface area contributed by atoms with Gasteiger partial charge in [0.1, 0.15) is 0 Å². The highest BCUT2D eigenvalue weighted by molar-refractivity contribution is 5.91. The van der Waals surface area contributed by atoms with Gasteiger partial charge in [0, 0.05) is 23.2 Å². The summed E-state index contributed by atoms with van der Waals surface area (Å²) < 4.78 is 0. The van der Waals surface area contributed by atoms with Crippen LogP contribution in [0.3, 0.4) is 0 Å². The SMILES string of the molecule is CC1(C)CC(NC(=O)C=Cc2ccccc2)CC(C)(C)N1O. The summed E-state index contributed by atoms with van der Waals surface area (Å²) in [5, 5.41) is 14.8. The van der Waals surface area contributed by atoms with Gasteiger partial charge in [-0.25, -0.2) is 0 Å². The van der Waals surface area contributed by atoms with Crippen LogP contribution >= 0.6 is 0 Å². The molecule has 1 amide bonds. The third-order valence-corrected chi connectivity index (χ3v) is 4.21. The molecule has 2 N–H and O–H groups in total. The van der Waals surface area contributed by atoms with E-state index in [9.17, 15) is 10.0 Å². The lowest BCUT2D eigenvalue weighted by Crippen LogP contribution is -2.62. The Morgan fingerprint density at radius 1 is 1.18 bits per heavy atom. The number of hydroxylamine groups is 2. The van der Waals surface area contributed by atoms with Crippen molar-refractivity contribution in [1.29, 1.82) is 0 Å². The minimum atomic E-state index is -0.358. The number of piperidine rings is 1. The highest BCUT2D eigenvalue weighted by Gasteiger charge is 2.45. The molecule has 1 aliphatic rings. The number of hydrogen-bond donors (Lipinski definition) is 2. The molecule has 1 saturated heterocycles. The summed E-state index contributed by atoms with van der Waals surface area (Å²) >= 11 is 0. The smallest absolute Gasteiger partial charge is 0.244 e. The van der Waals surface area contributed by atoms with E-state index < -0.39 is 0 Å². The largest absolute Gasteiger partial charge is 0.350 e. The van der Waals surface area contributed by atoms with E-state index in [1.54, 1.807) is 6.08 Å². The summed E-state index contributed by atoms with van der Waals surface area (Å²) in [4.78, 5) is 12.1. The molecular formula is C18H26N2O2. The van der Waals surface area contributed by atoms with E-state index in [1.807, 2.05) is 64.1 Å². The van der Waals surface area contributed by atoms with E-state index in [0.717, 1.165) is 18.4 Å². The molecule has 0 aliphatic carbocycles. The molecule has 0 saturated carbocycles. The maximum absolute atomic E-state index is 12.1. The van der Waals surface area contributed by atoms with Gasteiger partial charge in [-0.1, -0.05) is 30.3 Å². The monoisotopic (exact) mass is 302 g/mol. The number of rotatable bonds is 3. The molecule has 1 aliphatic heterocycles. The number of hydrogen-bond acceptors (Lipinski definition) is 3. The molecule has 1 aromatic rings. The van der Waals surface area contributed by atoms with E-state index in [2.05, 4.69) is 5.32 Å².